The third-order valence-electron chi connectivity index (χ3n) is 4.84. The van der Waals surface area contributed by atoms with Crippen LogP contribution in [0.5, 0.6) is 5.75 Å². The van der Waals surface area contributed by atoms with E-state index in [4.69, 9.17) is 9.15 Å². The lowest BCUT2D eigenvalue weighted by Gasteiger charge is -2.35. The van der Waals surface area contributed by atoms with Gasteiger partial charge in [0.25, 0.3) is 5.91 Å². The minimum absolute atomic E-state index is 0.0386. The Morgan fingerprint density at radius 3 is 2.81 bits per heavy atom. The monoisotopic (exact) mass is 362 g/mol. The number of hydrogen-bond acceptors (Lipinski definition) is 4. The van der Waals surface area contributed by atoms with Gasteiger partial charge in [0.15, 0.2) is 5.76 Å². The van der Waals surface area contributed by atoms with E-state index in [1.165, 1.54) is 0 Å². The van der Waals surface area contributed by atoms with E-state index in [2.05, 4.69) is 4.98 Å². The van der Waals surface area contributed by atoms with Crippen molar-refractivity contribution in [3.05, 3.63) is 72.8 Å². The predicted molar refractivity (Wildman–Crippen MR) is 103 cm³/mol. The largest absolute Gasteiger partial charge is 0.490 e. The lowest BCUT2D eigenvalue weighted by molar-refractivity contribution is 0.0498. The zero-order valence-electron chi connectivity index (χ0n) is 15.1. The molecule has 1 aromatic carbocycles. The number of carbonyl (C=O) groups excluding carboxylic acids is 1. The number of amides is 1. The first-order chi connectivity index (χ1) is 13.3. The number of piperidine rings is 1. The lowest BCUT2D eigenvalue weighted by Crippen LogP contribution is -2.46. The first-order valence-electron chi connectivity index (χ1n) is 9.30. The molecule has 0 bridgehead atoms. The van der Waals surface area contributed by atoms with Crippen molar-refractivity contribution in [1.29, 1.82) is 0 Å². The molecule has 5 heteroatoms. The number of aromatic nitrogens is 1. The van der Waals surface area contributed by atoms with Crippen LogP contribution in [0.25, 0.3) is 11.3 Å². The summed E-state index contributed by atoms with van der Waals surface area (Å²) < 4.78 is 11.7. The number of nitrogens with zero attached hydrogens (tertiary/aromatic N) is 2. The number of carbonyl (C=O) groups is 1. The molecule has 1 saturated heterocycles. The van der Waals surface area contributed by atoms with Crippen LogP contribution in [-0.2, 0) is 0 Å². The Labute approximate surface area is 158 Å². The molecule has 0 radical (unpaired) electrons. The standard InChI is InChI=1S/C22H22N2O3/c25-22(21-12-11-20(27-21)17-7-2-1-3-8-17)24-14-5-4-9-18(24)16-26-19-10-6-13-23-15-19/h1-3,6-8,10-13,15,18H,4-5,9,14,16H2. The second-order valence-electron chi connectivity index (χ2n) is 6.68. The summed E-state index contributed by atoms with van der Waals surface area (Å²) in [7, 11) is 0. The summed E-state index contributed by atoms with van der Waals surface area (Å²) in [6.07, 6.45) is 6.43. The van der Waals surface area contributed by atoms with Gasteiger partial charge in [-0.05, 0) is 43.5 Å². The van der Waals surface area contributed by atoms with E-state index in [0.717, 1.165) is 37.1 Å². The highest BCUT2D eigenvalue weighted by Crippen LogP contribution is 2.25. The predicted octanol–water partition coefficient (Wildman–Crippen LogP) is 4.42. The average molecular weight is 362 g/mol. The van der Waals surface area contributed by atoms with Crippen LogP contribution in [0.1, 0.15) is 29.8 Å². The summed E-state index contributed by atoms with van der Waals surface area (Å²) in [6.45, 7) is 1.19. The molecule has 1 aliphatic heterocycles. The molecular formula is C22H22N2O3. The van der Waals surface area contributed by atoms with Crippen LogP contribution in [0.15, 0.2) is 71.4 Å². The third kappa shape index (κ3) is 4.03. The van der Waals surface area contributed by atoms with E-state index in [9.17, 15) is 4.79 Å². The second kappa shape index (κ2) is 8.08. The number of furan rings is 1. The molecule has 1 aliphatic rings. The fourth-order valence-corrected chi connectivity index (χ4v) is 3.42. The highest BCUT2D eigenvalue weighted by molar-refractivity contribution is 5.92. The average Bonchev–Trinajstić information content (AvgIpc) is 3.24. The van der Waals surface area contributed by atoms with Gasteiger partial charge in [-0.1, -0.05) is 30.3 Å². The van der Waals surface area contributed by atoms with Crippen molar-refractivity contribution >= 4 is 5.91 Å². The highest BCUT2D eigenvalue weighted by atomic mass is 16.5. The van der Waals surface area contributed by atoms with Crippen molar-refractivity contribution in [2.75, 3.05) is 13.2 Å². The molecule has 3 heterocycles. The molecule has 1 amide bonds. The van der Waals surface area contributed by atoms with Crippen molar-refractivity contribution in [1.82, 2.24) is 9.88 Å². The van der Waals surface area contributed by atoms with Crippen LogP contribution in [0, 0.1) is 0 Å². The van der Waals surface area contributed by atoms with Crippen molar-refractivity contribution in [3.8, 4) is 17.1 Å². The maximum atomic E-state index is 13.0. The highest BCUT2D eigenvalue weighted by Gasteiger charge is 2.29. The Hall–Kier alpha value is -3.08. The molecule has 27 heavy (non-hydrogen) atoms. The SMILES string of the molecule is O=C(c1ccc(-c2ccccc2)o1)N1CCCCC1COc1cccnc1. The minimum Gasteiger partial charge on any atom is -0.490 e. The molecule has 0 spiro atoms. The Morgan fingerprint density at radius 2 is 2.00 bits per heavy atom. The molecule has 0 saturated carbocycles. The van der Waals surface area contributed by atoms with Crippen molar-refractivity contribution in [2.45, 2.75) is 25.3 Å². The van der Waals surface area contributed by atoms with Crippen LogP contribution in [-0.4, -0.2) is 35.0 Å². The fourth-order valence-electron chi connectivity index (χ4n) is 3.42. The maximum Gasteiger partial charge on any atom is 0.289 e. The molecular weight excluding hydrogens is 340 g/mol. The number of rotatable bonds is 5. The summed E-state index contributed by atoms with van der Waals surface area (Å²) >= 11 is 0. The topological polar surface area (TPSA) is 55.6 Å². The normalized spacial score (nSPS) is 16.9. The summed E-state index contributed by atoms with van der Waals surface area (Å²) in [5.41, 5.74) is 0.964. The van der Waals surface area contributed by atoms with Gasteiger partial charge >= 0.3 is 0 Å². The van der Waals surface area contributed by atoms with Crippen LogP contribution in [0.3, 0.4) is 0 Å². The van der Waals surface area contributed by atoms with Crippen molar-refractivity contribution in [3.63, 3.8) is 0 Å². The summed E-state index contributed by atoms with van der Waals surface area (Å²) in [5, 5.41) is 0. The zero-order chi connectivity index (χ0) is 18.5. The van der Waals surface area contributed by atoms with E-state index in [1.54, 1.807) is 18.5 Å². The summed E-state index contributed by atoms with van der Waals surface area (Å²) in [6, 6.07) is 17.2. The Balaban J connectivity index is 1.46. The molecule has 4 rings (SSSR count). The van der Waals surface area contributed by atoms with Crippen LogP contribution in [0.4, 0.5) is 0 Å². The summed E-state index contributed by atoms with van der Waals surface area (Å²) in [5.74, 6) is 1.73. The first kappa shape index (κ1) is 17.3. The molecule has 0 N–H and O–H groups in total. The molecule has 1 fully saturated rings. The lowest BCUT2D eigenvalue weighted by atomic mass is 10.0. The number of pyridine rings is 1. The van der Waals surface area contributed by atoms with E-state index < -0.39 is 0 Å². The zero-order valence-corrected chi connectivity index (χ0v) is 15.1. The van der Waals surface area contributed by atoms with Crippen molar-refractivity contribution in [2.24, 2.45) is 0 Å². The Kier molecular flexibility index (Phi) is 5.19. The van der Waals surface area contributed by atoms with Gasteiger partial charge in [0, 0.05) is 18.3 Å². The van der Waals surface area contributed by atoms with Crippen LogP contribution in [0.2, 0.25) is 0 Å². The van der Waals surface area contributed by atoms with Gasteiger partial charge in [-0.15, -0.1) is 0 Å². The molecule has 0 aliphatic carbocycles. The van der Waals surface area contributed by atoms with E-state index in [-0.39, 0.29) is 11.9 Å². The molecule has 1 unspecified atom stereocenters. The van der Waals surface area contributed by atoms with Gasteiger partial charge in [0.1, 0.15) is 18.1 Å². The number of ether oxygens (including phenoxy) is 1. The van der Waals surface area contributed by atoms with Gasteiger partial charge in [-0.25, -0.2) is 0 Å². The fraction of sp³-hybridized carbons (Fsp3) is 0.273. The quantitative estimate of drug-likeness (QED) is 0.674. The number of hydrogen-bond donors (Lipinski definition) is 0. The first-order valence-corrected chi connectivity index (χ1v) is 9.30. The molecule has 1 atom stereocenters. The molecule has 2 aromatic heterocycles. The van der Waals surface area contributed by atoms with Gasteiger partial charge in [-0.2, -0.15) is 0 Å². The van der Waals surface area contributed by atoms with E-state index in [0.29, 0.717) is 18.1 Å². The van der Waals surface area contributed by atoms with Gasteiger partial charge in [0.05, 0.1) is 12.2 Å². The van der Waals surface area contributed by atoms with Gasteiger partial charge in [-0.3, -0.25) is 9.78 Å². The second-order valence-corrected chi connectivity index (χ2v) is 6.68. The van der Waals surface area contributed by atoms with E-state index in [1.807, 2.05) is 53.4 Å². The molecule has 3 aromatic rings. The van der Waals surface area contributed by atoms with Crippen LogP contribution >= 0.6 is 0 Å². The van der Waals surface area contributed by atoms with Crippen molar-refractivity contribution < 1.29 is 13.9 Å². The summed E-state index contributed by atoms with van der Waals surface area (Å²) in [4.78, 5) is 19.0. The smallest absolute Gasteiger partial charge is 0.289 e. The van der Waals surface area contributed by atoms with Crippen LogP contribution < -0.4 is 4.74 Å². The van der Waals surface area contributed by atoms with Gasteiger partial charge < -0.3 is 14.1 Å². The minimum atomic E-state index is -0.0725. The maximum absolute atomic E-state index is 13.0. The third-order valence-corrected chi connectivity index (χ3v) is 4.84. The number of benzene rings is 1. The Morgan fingerprint density at radius 1 is 1.11 bits per heavy atom. The molecule has 138 valence electrons. The van der Waals surface area contributed by atoms with E-state index >= 15 is 0 Å². The number of likely N-dealkylation sites (tertiary alicyclic amines) is 1. The van der Waals surface area contributed by atoms with Gasteiger partial charge in [0.2, 0.25) is 0 Å². The molecule has 5 nitrogen and oxygen atoms in total. The Bertz CT molecular complexity index is 877.